The number of fused-ring (bicyclic) bond motifs is 18. The molecule has 0 N–H and O–H groups in total. The SMILES string of the molecule is N#Cc1cc(C#N)c(-c2ccc(-n3c4ccccc4c4cc(C#N)ccc43)cc2)c(-c2ccccc2-n2c3ccccc3c3ccccc32)c1.N#Cc1ccc(-c2ccc(-n3c4ccccc4c4cc(C#N)ccc43)c(C#N)c2)c(-c2ccccc2-n2c3ccccc3c3ccccc32)c1.N#Cc1ccc(-c2ccc(-n3c4ccccc4c4cc(C#N)ccc43)cc2C#N)c(-c2ccccc2-n2c3ccccc3c3ccccc32)c1. The molecule has 6 aromatic heterocycles. The van der Waals surface area contributed by atoms with Crippen molar-refractivity contribution in [3.63, 3.8) is 0 Å². The molecule has 0 radical (unpaired) electrons. The van der Waals surface area contributed by atoms with Gasteiger partial charge in [-0.2, -0.15) is 47.4 Å². The lowest BCUT2D eigenvalue weighted by atomic mass is 9.88. The smallest absolute Gasteiger partial charge is 0.101 e. The van der Waals surface area contributed by atoms with Gasteiger partial charge in [-0.25, -0.2) is 0 Å². The second kappa shape index (κ2) is 37.0. The van der Waals surface area contributed by atoms with Gasteiger partial charge in [0.25, 0.3) is 0 Å². The fourth-order valence-corrected chi connectivity index (χ4v) is 22.4. The van der Waals surface area contributed by atoms with E-state index in [1.165, 1.54) is 21.5 Å². The van der Waals surface area contributed by atoms with E-state index in [1.807, 2.05) is 231 Å². The Balaban J connectivity index is 0.000000116. The summed E-state index contributed by atoms with van der Waals surface area (Å²) in [7, 11) is 0. The van der Waals surface area contributed by atoms with Crippen LogP contribution in [0.5, 0.6) is 0 Å². The first-order valence-corrected chi connectivity index (χ1v) is 48.9. The number of rotatable bonds is 12. The van der Waals surface area contributed by atoms with E-state index in [9.17, 15) is 47.4 Å². The Morgan fingerprint density at radius 3 is 0.787 bits per heavy atom. The number of hydrogen-bond donors (Lipinski definition) is 0. The van der Waals surface area contributed by atoms with Gasteiger partial charge in [0.2, 0.25) is 0 Å². The molecule has 0 unspecified atom stereocenters. The van der Waals surface area contributed by atoms with Gasteiger partial charge in [0, 0.05) is 104 Å². The van der Waals surface area contributed by atoms with Crippen LogP contribution in [0.25, 0.3) is 232 Å². The second-order valence-corrected chi connectivity index (χ2v) is 36.9. The van der Waals surface area contributed by atoms with Crippen molar-refractivity contribution >= 4 is 131 Å². The minimum atomic E-state index is 0.427. The standard InChI is InChI=1S/3C45H25N5/c46-26-29-17-20-34(39(23-29)37-11-3-8-16-44(37)50-42-14-6-1-9-35(42)36-10-2-7-15-43(36)50)33-21-19-32(25-31(33)28-48)49-41-13-5-4-12-38(41)40-24-30(27-47)18-22-45(40)49;46-26-29-17-22-44-38(24-29)36-11-3-5-13-40(36)49(44)33-20-18-31(19-21-33)45-32(28-48)23-30(27-47)25-39(45)37-12-4-8-16-43(37)50-41-14-6-1-9-34(41)35-10-2-7-15-42(35)50;46-26-29-17-20-33(38(23-29)36-11-3-7-15-43(36)50-41-13-5-1-9-34(41)35-10-2-6-14-42(35)50)31-19-22-40(32(25-31)28-48)49-44-16-8-4-12-37(44)39-24-30(27-47)18-21-45(39)49/h3*1-25H. The predicted octanol–water partition coefficient (Wildman–Crippen LogP) is 32.5. The van der Waals surface area contributed by atoms with E-state index in [1.54, 1.807) is 6.07 Å². The van der Waals surface area contributed by atoms with Crippen LogP contribution in [-0.4, -0.2) is 27.4 Å². The topological polar surface area (TPSA) is 244 Å². The van der Waals surface area contributed by atoms with E-state index >= 15 is 0 Å². The number of nitrogens with zero attached hydrogens (tertiary/aromatic N) is 15. The first kappa shape index (κ1) is 89.2. The zero-order valence-corrected chi connectivity index (χ0v) is 80.0. The fraction of sp³-hybridized carbons (Fsp3) is 0. The van der Waals surface area contributed by atoms with Gasteiger partial charge in [-0.05, 0) is 239 Å². The Bertz CT molecular complexity index is 10700. The van der Waals surface area contributed by atoms with E-state index in [4.69, 9.17) is 0 Å². The maximum Gasteiger partial charge on any atom is 0.101 e. The average Bonchev–Trinajstić information content (AvgIpc) is 1.60. The molecular formula is C135H75N15. The van der Waals surface area contributed by atoms with Crippen LogP contribution in [0.2, 0.25) is 0 Å². The normalized spacial score (nSPS) is 11.1. The number of hydrogen-bond acceptors (Lipinski definition) is 9. The molecule has 0 aliphatic heterocycles. The third-order valence-electron chi connectivity index (χ3n) is 28.9. The predicted molar refractivity (Wildman–Crippen MR) is 600 cm³/mol. The third-order valence-corrected chi connectivity index (χ3v) is 28.9. The van der Waals surface area contributed by atoms with Gasteiger partial charge in [-0.1, -0.05) is 255 Å². The monoisotopic (exact) mass is 1910 g/mol. The highest BCUT2D eigenvalue weighted by atomic mass is 15.0. The summed E-state index contributed by atoms with van der Waals surface area (Å²) in [6.45, 7) is 0. The highest BCUT2D eigenvalue weighted by Crippen LogP contribution is 2.49. The van der Waals surface area contributed by atoms with Crippen LogP contribution in [-0.2, 0) is 0 Å². The molecular weight excluding hydrogens is 1830 g/mol. The van der Waals surface area contributed by atoms with Gasteiger partial charge >= 0.3 is 0 Å². The van der Waals surface area contributed by atoms with Crippen LogP contribution in [0, 0.1) is 102 Å². The van der Waals surface area contributed by atoms with Crippen molar-refractivity contribution < 1.29 is 0 Å². The van der Waals surface area contributed by atoms with Gasteiger partial charge in [-0.3, -0.25) is 0 Å². The zero-order valence-electron chi connectivity index (χ0n) is 80.0. The fourth-order valence-electron chi connectivity index (χ4n) is 22.4. The van der Waals surface area contributed by atoms with E-state index in [0.717, 1.165) is 210 Å². The molecule has 0 amide bonds. The summed E-state index contributed by atoms with van der Waals surface area (Å²) < 4.78 is 13.3. The molecule has 0 aliphatic rings. The van der Waals surface area contributed by atoms with Crippen molar-refractivity contribution in [2.45, 2.75) is 0 Å². The van der Waals surface area contributed by atoms with Crippen LogP contribution in [0.3, 0.4) is 0 Å². The van der Waals surface area contributed by atoms with Crippen LogP contribution < -0.4 is 0 Å². The van der Waals surface area contributed by atoms with E-state index < -0.39 is 0 Å². The van der Waals surface area contributed by atoms with Crippen molar-refractivity contribution in [1.82, 2.24) is 27.4 Å². The zero-order chi connectivity index (χ0) is 101. The second-order valence-electron chi connectivity index (χ2n) is 36.9. The van der Waals surface area contributed by atoms with E-state index in [0.29, 0.717) is 50.1 Å². The number of nitriles is 9. The lowest BCUT2D eigenvalue weighted by molar-refractivity contribution is 1.17. The van der Waals surface area contributed by atoms with Gasteiger partial charge in [0.05, 0.1) is 188 Å². The Morgan fingerprint density at radius 1 is 0.133 bits per heavy atom. The number of para-hydroxylation sites is 12. The van der Waals surface area contributed by atoms with Crippen LogP contribution >= 0.6 is 0 Å². The molecule has 6 heterocycles. The summed E-state index contributed by atoms with van der Waals surface area (Å²) in [6, 6.07) is 173. The molecule has 15 nitrogen and oxygen atoms in total. The molecule has 15 heteroatoms. The van der Waals surface area contributed by atoms with Crippen molar-refractivity contribution in [3.05, 3.63) is 505 Å². The maximum absolute atomic E-state index is 10.6. The van der Waals surface area contributed by atoms with Gasteiger partial charge in [0.15, 0.2) is 0 Å². The van der Waals surface area contributed by atoms with Gasteiger partial charge in [-0.15, -0.1) is 0 Å². The largest absolute Gasteiger partial charge is 0.309 e. The molecule has 0 saturated heterocycles. The summed E-state index contributed by atoms with van der Waals surface area (Å²) >= 11 is 0. The lowest BCUT2D eigenvalue weighted by Gasteiger charge is -2.18. The molecule has 0 atom stereocenters. The minimum Gasteiger partial charge on any atom is -0.309 e. The Kier molecular flexibility index (Phi) is 22.0. The van der Waals surface area contributed by atoms with E-state index in [-0.39, 0.29) is 0 Å². The molecule has 0 saturated carbocycles. The summed E-state index contributed by atoms with van der Waals surface area (Å²) in [6.07, 6.45) is 0. The molecule has 150 heavy (non-hydrogen) atoms. The summed E-state index contributed by atoms with van der Waals surface area (Å²) in [5.41, 5.74) is 33.2. The minimum absolute atomic E-state index is 0.427. The molecule has 690 valence electrons. The van der Waals surface area contributed by atoms with Gasteiger partial charge in [0.1, 0.15) is 6.07 Å². The Hall–Kier alpha value is -22.2. The van der Waals surface area contributed by atoms with Crippen molar-refractivity contribution in [3.8, 4) is 156 Å². The summed E-state index contributed by atoms with van der Waals surface area (Å²) in [4.78, 5) is 0. The average molecular weight is 1910 g/mol. The first-order valence-electron chi connectivity index (χ1n) is 48.9. The molecule has 0 fully saturated rings. The van der Waals surface area contributed by atoms with Crippen LogP contribution in [0.4, 0.5) is 0 Å². The molecule has 27 aromatic rings. The van der Waals surface area contributed by atoms with Crippen molar-refractivity contribution in [1.29, 1.82) is 47.4 Å². The number of benzene rings is 21. The number of aromatic nitrogens is 6. The molecule has 0 bridgehead atoms. The molecule has 0 spiro atoms. The quantitative estimate of drug-likeness (QED) is 0.113. The highest BCUT2D eigenvalue weighted by Gasteiger charge is 2.28. The van der Waals surface area contributed by atoms with Crippen molar-refractivity contribution in [2.24, 2.45) is 0 Å². The summed E-state index contributed by atoms with van der Waals surface area (Å²) in [5.74, 6) is 0. The van der Waals surface area contributed by atoms with Gasteiger partial charge < -0.3 is 27.4 Å². The first-order chi connectivity index (χ1) is 74.0. The van der Waals surface area contributed by atoms with Crippen LogP contribution in [0.15, 0.2) is 455 Å². The van der Waals surface area contributed by atoms with Crippen molar-refractivity contribution in [2.75, 3.05) is 0 Å². The Morgan fingerprint density at radius 2 is 0.407 bits per heavy atom. The third kappa shape index (κ3) is 14.7. The Labute approximate surface area is 860 Å². The van der Waals surface area contributed by atoms with Crippen LogP contribution in [0.1, 0.15) is 50.1 Å². The molecule has 27 rings (SSSR count). The highest BCUT2D eigenvalue weighted by molar-refractivity contribution is 6.16. The maximum atomic E-state index is 10.6. The summed E-state index contributed by atoms with van der Waals surface area (Å²) in [5, 5.41) is 104. The lowest BCUT2D eigenvalue weighted by Crippen LogP contribution is -2.00. The van der Waals surface area contributed by atoms with E-state index in [2.05, 4.69) is 300 Å². The molecule has 0 aliphatic carbocycles. The molecule has 21 aromatic carbocycles.